The predicted octanol–water partition coefficient (Wildman–Crippen LogP) is 3.56. The summed E-state index contributed by atoms with van der Waals surface area (Å²) in [4.78, 5) is 31.3. The highest BCUT2D eigenvalue weighted by Crippen LogP contribution is 2.46. The lowest BCUT2D eigenvalue weighted by atomic mass is 9.93. The van der Waals surface area contributed by atoms with Crippen molar-refractivity contribution in [3.63, 3.8) is 0 Å². The maximum absolute atomic E-state index is 12.9. The van der Waals surface area contributed by atoms with E-state index in [9.17, 15) is 9.59 Å². The van der Waals surface area contributed by atoms with Crippen LogP contribution in [0.2, 0.25) is 0 Å². The van der Waals surface area contributed by atoms with Gasteiger partial charge in [0.05, 0.1) is 0 Å². The van der Waals surface area contributed by atoms with Crippen molar-refractivity contribution in [3.8, 4) is 11.1 Å². The van der Waals surface area contributed by atoms with Crippen molar-refractivity contribution >= 4 is 11.7 Å². The quantitative estimate of drug-likeness (QED) is 0.530. The molecule has 6 nitrogen and oxygen atoms in total. The number of aromatic nitrogens is 1. The Labute approximate surface area is 207 Å². The molecule has 1 aliphatic carbocycles. The van der Waals surface area contributed by atoms with Crippen LogP contribution in [0.25, 0.3) is 11.1 Å². The SMILES string of the molecule is CN(CCC(=O)N1CCN(c2cccc(=O)n2C)CC1)CCC1c2ccccc2-c2ccccc21. The van der Waals surface area contributed by atoms with Crippen LogP contribution in [0.5, 0.6) is 0 Å². The molecule has 6 heteroatoms. The number of benzene rings is 2. The third-order valence-corrected chi connectivity index (χ3v) is 7.58. The number of pyridine rings is 1. The first-order chi connectivity index (χ1) is 17.0. The van der Waals surface area contributed by atoms with Gasteiger partial charge in [-0.1, -0.05) is 54.6 Å². The molecule has 0 atom stereocenters. The monoisotopic (exact) mass is 470 g/mol. The third-order valence-electron chi connectivity index (χ3n) is 7.58. The number of carbonyl (C=O) groups is 1. The number of hydrogen-bond donors (Lipinski definition) is 0. The summed E-state index contributed by atoms with van der Waals surface area (Å²) in [6.07, 6.45) is 1.59. The minimum Gasteiger partial charge on any atom is -0.354 e. The largest absolute Gasteiger partial charge is 0.354 e. The van der Waals surface area contributed by atoms with E-state index in [4.69, 9.17) is 0 Å². The fourth-order valence-electron chi connectivity index (χ4n) is 5.53. The van der Waals surface area contributed by atoms with Gasteiger partial charge in [0, 0.05) is 58.2 Å². The number of carbonyl (C=O) groups excluding carboxylic acids is 1. The second-order valence-corrected chi connectivity index (χ2v) is 9.72. The molecular formula is C29H34N4O2. The summed E-state index contributed by atoms with van der Waals surface area (Å²) in [5.74, 6) is 1.55. The minimum atomic E-state index is -0.00590. The maximum Gasteiger partial charge on any atom is 0.251 e. The van der Waals surface area contributed by atoms with Gasteiger partial charge >= 0.3 is 0 Å². The van der Waals surface area contributed by atoms with Gasteiger partial charge in [-0.2, -0.15) is 0 Å². The predicted molar refractivity (Wildman–Crippen MR) is 141 cm³/mol. The van der Waals surface area contributed by atoms with E-state index in [1.165, 1.54) is 22.3 Å². The first-order valence-electron chi connectivity index (χ1n) is 12.6. The van der Waals surface area contributed by atoms with Crippen LogP contribution in [-0.4, -0.2) is 66.6 Å². The number of anilines is 1. The molecule has 1 amide bonds. The molecular weight excluding hydrogens is 436 g/mol. The van der Waals surface area contributed by atoms with Gasteiger partial charge in [-0.15, -0.1) is 0 Å². The standard InChI is InChI=1S/C29H34N4O2/c1-30(16-14-26-24-10-5-3-8-22(24)23-9-4-6-11-25(23)26)17-15-29(35)33-20-18-32(19-21-33)27-12-7-13-28(34)31(27)2/h3-13,26H,14-21H2,1-2H3. The third kappa shape index (κ3) is 4.76. The van der Waals surface area contributed by atoms with Gasteiger partial charge in [0.15, 0.2) is 0 Å². The lowest BCUT2D eigenvalue weighted by Crippen LogP contribution is -2.50. The number of nitrogens with zero attached hydrogens (tertiary/aromatic N) is 4. The van der Waals surface area contributed by atoms with E-state index in [2.05, 4.69) is 65.4 Å². The van der Waals surface area contributed by atoms with Crippen molar-refractivity contribution in [1.82, 2.24) is 14.4 Å². The summed E-state index contributed by atoms with van der Waals surface area (Å²) in [6, 6.07) is 22.8. The number of rotatable bonds is 7. The second kappa shape index (κ2) is 10.1. The lowest BCUT2D eigenvalue weighted by molar-refractivity contribution is -0.131. The Balaban J connectivity index is 1.11. The van der Waals surface area contributed by atoms with Crippen LogP contribution in [-0.2, 0) is 11.8 Å². The van der Waals surface area contributed by atoms with Crippen LogP contribution in [0.15, 0.2) is 71.5 Å². The second-order valence-electron chi connectivity index (χ2n) is 9.72. The molecule has 1 aromatic heterocycles. The summed E-state index contributed by atoms with van der Waals surface area (Å²) in [5, 5.41) is 0. The highest BCUT2D eigenvalue weighted by atomic mass is 16.2. The average Bonchev–Trinajstić information content (AvgIpc) is 3.21. The zero-order chi connectivity index (χ0) is 24.4. The van der Waals surface area contributed by atoms with Crippen LogP contribution in [0.3, 0.4) is 0 Å². The fourth-order valence-corrected chi connectivity index (χ4v) is 5.53. The first-order valence-corrected chi connectivity index (χ1v) is 12.6. The maximum atomic E-state index is 12.9. The smallest absolute Gasteiger partial charge is 0.251 e. The molecule has 0 saturated carbocycles. The molecule has 0 spiro atoms. The Kier molecular flexibility index (Phi) is 6.73. The van der Waals surface area contributed by atoms with E-state index in [0.29, 0.717) is 25.4 Å². The molecule has 2 aliphatic rings. The van der Waals surface area contributed by atoms with Gasteiger partial charge in [0.25, 0.3) is 5.56 Å². The van der Waals surface area contributed by atoms with Gasteiger partial charge in [0.1, 0.15) is 5.82 Å². The Morgan fingerprint density at radius 2 is 1.49 bits per heavy atom. The Bertz CT molecular complexity index is 1210. The molecule has 1 aliphatic heterocycles. The summed E-state index contributed by atoms with van der Waals surface area (Å²) >= 11 is 0. The first kappa shape index (κ1) is 23.4. The van der Waals surface area contributed by atoms with Gasteiger partial charge in [-0.05, 0) is 48.3 Å². The Hall–Kier alpha value is -3.38. The molecule has 2 heterocycles. The van der Waals surface area contributed by atoms with Gasteiger partial charge < -0.3 is 14.7 Å². The topological polar surface area (TPSA) is 48.8 Å². The van der Waals surface area contributed by atoms with Gasteiger partial charge in [-0.3, -0.25) is 14.2 Å². The van der Waals surface area contributed by atoms with E-state index in [-0.39, 0.29) is 11.5 Å². The molecule has 1 fully saturated rings. The van der Waals surface area contributed by atoms with Crippen LogP contribution < -0.4 is 10.5 Å². The molecule has 1 saturated heterocycles. The number of amides is 1. The highest BCUT2D eigenvalue weighted by molar-refractivity contribution is 5.78. The molecule has 0 bridgehead atoms. The Morgan fingerprint density at radius 1 is 0.857 bits per heavy atom. The van der Waals surface area contributed by atoms with Crippen molar-refractivity contribution in [2.45, 2.75) is 18.8 Å². The van der Waals surface area contributed by atoms with E-state index in [1.54, 1.807) is 23.7 Å². The Morgan fingerprint density at radius 3 is 2.14 bits per heavy atom. The fraction of sp³-hybridized carbons (Fsp3) is 0.379. The van der Waals surface area contributed by atoms with Crippen LogP contribution in [0.1, 0.15) is 29.9 Å². The minimum absolute atomic E-state index is 0.00590. The van der Waals surface area contributed by atoms with Crippen LogP contribution >= 0.6 is 0 Å². The number of piperazine rings is 1. The highest BCUT2D eigenvalue weighted by Gasteiger charge is 2.28. The van der Waals surface area contributed by atoms with Crippen LogP contribution in [0, 0.1) is 0 Å². The zero-order valence-electron chi connectivity index (χ0n) is 20.7. The summed E-state index contributed by atoms with van der Waals surface area (Å²) < 4.78 is 1.67. The summed E-state index contributed by atoms with van der Waals surface area (Å²) in [6.45, 7) is 4.61. The summed E-state index contributed by atoms with van der Waals surface area (Å²) in [5.41, 5.74) is 5.56. The zero-order valence-corrected chi connectivity index (χ0v) is 20.7. The number of fused-ring (bicyclic) bond motifs is 3. The van der Waals surface area contributed by atoms with Crippen molar-refractivity contribution in [2.24, 2.45) is 7.05 Å². The van der Waals surface area contributed by atoms with E-state index < -0.39 is 0 Å². The molecule has 0 unspecified atom stereocenters. The number of hydrogen-bond acceptors (Lipinski definition) is 4. The van der Waals surface area contributed by atoms with E-state index >= 15 is 0 Å². The normalized spacial score (nSPS) is 15.4. The molecule has 2 aromatic carbocycles. The molecule has 3 aromatic rings. The van der Waals surface area contributed by atoms with Crippen molar-refractivity contribution in [1.29, 1.82) is 0 Å². The average molecular weight is 471 g/mol. The molecule has 182 valence electrons. The molecule has 35 heavy (non-hydrogen) atoms. The van der Waals surface area contributed by atoms with Crippen molar-refractivity contribution < 1.29 is 4.79 Å². The van der Waals surface area contributed by atoms with E-state index in [0.717, 1.165) is 38.4 Å². The lowest BCUT2D eigenvalue weighted by Gasteiger charge is -2.36. The van der Waals surface area contributed by atoms with Crippen LogP contribution in [0.4, 0.5) is 5.82 Å². The molecule has 0 N–H and O–H groups in total. The van der Waals surface area contributed by atoms with Gasteiger partial charge in [-0.25, -0.2) is 0 Å². The van der Waals surface area contributed by atoms with Gasteiger partial charge in [0.2, 0.25) is 5.91 Å². The van der Waals surface area contributed by atoms with E-state index in [1.807, 2.05) is 11.0 Å². The molecule has 0 radical (unpaired) electrons. The van der Waals surface area contributed by atoms with Crippen molar-refractivity contribution in [2.75, 3.05) is 51.2 Å². The molecule has 5 rings (SSSR count). The summed E-state index contributed by atoms with van der Waals surface area (Å²) in [7, 11) is 3.92. The van der Waals surface area contributed by atoms with Crippen molar-refractivity contribution in [3.05, 3.63) is 88.2 Å².